The molecule has 0 aliphatic rings. The molecule has 138 valence electrons. The van der Waals surface area contributed by atoms with Crippen molar-refractivity contribution in [2.75, 3.05) is 14.2 Å². The van der Waals surface area contributed by atoms with Crippen LogP contribution in [-0.4, -0.2) is 25.1 Å². The van der Waals surface area contributed by atoms with E-state index in [9.17, 15) is 14.9 Å². The fourth-order valence-corrected chi connectivity index (χ4v) is 2.58. The number of nitrogens with one attached hydrogen (secondary N) is 1. The number of hydrogen-bond acceptors (Lipinski definition) is 5. The lowest BCUT2D eigenvalue weighted by Crippen LogP contribution is -2.24. The summed E-state index contributed by atoms with van der Waals surface area (Å²) < 4.78 is 10.4. The predicted octanol–water partition coefficient (Wildman–Crippen LogP) is 3.42. The summed E-state index contributed by atoms with van der Waals surface area (Å²) in [4.78, 5) is 22.4. The summed E-state index contributed by atoms with van der Waals surface area (Å²) in [7, 11) is 3.13. The molecule has 1 atom stereocenters. The molecule has 0 aromatic heterocycles. The van der Waals surface area contributed by atoms with Gasteiger partial charge in [-0.1, -0.05) is 25.1 Å². The molecule has 0 heterocycles. The summed E-state index contributed by atoms with van der Waals surface area (Å²) in [5.41, 5.74) is 1.83. The lowest BCUT2D eigenvalue weighted by molar-refractivity contribution is -0.384. The second-order valence-electron chi connectivity index (χ2n) is 5.92. The van der Waals surface area contributed by atoms with Gasteiger partial charge < -0.3 is 14.8 Å². The predicted molar refractivity (Wildman–Crippen MR) is 97.5 cm³/mol. The Morgan fingerprint density at radius 3 is 2.35 bits per heavy atom. The Kier molecular flexibility index (Phi) is 6.54. The Bertz CT molecular complexity index is 774. The summed E-state index contributed by atoms with van der Waals surface area (Å²) in [6, 6.07) is 11.7. The maximum Gasteiger partial charge on any atom is 0.269 e. The summed E-state index contributed by atoms with van der Waals surface area (Å²) in [5, 5.41) is 13.6. The Morgan fingerprint density at radius 1 is 1.12 bits per heavy atom. The molecule has 7 heteroatoms. The van der Waals surface area contributed by atoms with E-state index >= 15 is 0 Å². The van der Waals surface area contributed by atoms with Crippen LogP contribution in [0.15, 0.2) is 42.5 Å². The smallest absolute Gasteiger partial charge is 0.269 e. The van der Waals surface area contributed by atoms with Gasteiger partial charge in [-0.3, -0.25) is 14.9 Å². The topological polar surface area (TPSA) is 90.7 Å². The van der Waals surface area contributed by atoms with Gasteiger partial charge in [0.2, 0.25) is 5.91 Å². The van der Waals surface area contributed by atoms with Gasteiger partial charge in [-0.25, -0.2) is 0 Å². The maximum atomic E-state index is 12.2. The van der Waals surface area contributed by atoms with Crippen molar-refractivity contribution < 1.29 is 19.2 Å². The molecule has 2 aromatic carbocycles. The third kappa shape index (κ3) is 4.95. The van der Waals surface area contributed by atoms with Crippen LogP contribution in [-0.2, 0) is 11.3 Å². The van der Waals surface area contributed by atoms with Crippen LogP contribution in [0.4, 0.5) is 5.69 Å². The molecule has 0 bridgehead atoms. The van der Waals surface area contributed by atoms with Crippen LogP contribution in [0.25, 0.3) is 0 Å². The molecule has 0 radical (unpaired) electrons. The van der Waals surface area contributed by atoms with E-state index in [4.69, 9.17) is 9.47 Å². The Morgan fingerprint density at radius 2 is 1.77 bits per heavy atom. The van der Waals surface area contributed by atoms with E-state index < -0.39 is 4.92 Å². The number of nitro groups is 1. The van der Waals surface area contributed by atoms with Crippen LogP contribution in [0.5, 0.6) is 11.5 Å². The number of amides is 1. The zero-order valence-corrected chi connectivity index (χ0v) is 15.0. The van der Waals surface area contributed by atoms with Crippen molar-refractivity contribution in [1.29, 1.82) is 0 Å². The van der Waals surface area contributed by atoms with Crippen molar-refractivity contribution in [2.45, 2.75) is 25.8 Å². The minimum atomic E-state index is -0.440. The highest BCUT2D eigenvalue weighted by Gasteiger charge is 2.13. The summed E-state index contributed by atoms with van der Waals surface area (Å²) >= 11 is 0. The first-order valence-corrected chi connectivity index (χ1v) is 8.16. The fourth-order valence-electron chi connectivity index (χ4n) is 2.58. The first kappa shape index (κ1) is 19.2. The van der Waals surface area contributed by atoms with Crippen molar-refractivity contribution in [3.63, 3.8) is 0 Å². The van der Waals surface area contributed by atoms with Crippen LogP contribution in [0, 0.1) is 10.1 Å². The molecular weight excluding hydrogens is 336 g/mol. The minimum absolute atomic E-state index is 0.0405. The average molecular weight is 358 g/mol. The number of rotatable bonds is 8. The zero-order valence-electron chi connectivity index (χ0n) is 15.0. The van der Waals surface area contributed by atoms with Gasteiger partial charge in [0, 0.05) is 25.1 Å². The highest BCUT2D eigenvalue weighted by atomic mass is 16.6. The number of carbonyl (C=O) groups is 1. The van der Waals surface area contributed by atoms with E-state index in [1.807, 2.05) is 19.1 Å². The number of methoxy groups -OCH3 is 2. The molecule has 7 nitrogen and oxygen atoms in total. The van der Waals surface area contributed by atoms with Crippen LogP contribution in [0.2, 0.25) is 0 Å². The van der Waals surface area contributed by atoms with Gasteiger partial charge in [0.25, 0.3) is 5.69 Å². The highest BCUT2D eigenvalue weighted by molar-refractivity contribution is 5.76. The van der Waals surface area contributed by atoms with Crippen molar-refractivity contribution >= 4 is 11.6 Å². The average Bonchev–Trinajstić information content (AvgIpc) is 2.66. The van der Waals surface area contributed by atoms with Crippen molar-refractivity contribution in [2.24, 2.45) is 0 Å². The van der Waals surface area contributed by atoms with E-state index in [0.29, 0.717) is 24.5 Å². The molecule has 0 fully saturated rings. The molecule has 1 N–H and O–H groups in total. The van der Waals surface area contributed by atoms with Crippen LogP contribution >= 0.6 is 0 Å². The molecule has 1 amide bonds. The molecule has 0 aliphatic heterocycles. The molecule has 26 heavy (non-hydrogen) atoms. The van der Waals surface area contributed by atoms with Crippen molar-refractivity contribution in [3.05, 3.63) is 63.7 Å². The third-order valence-electron chi connectivity index (χ3n) is 4.10. The number of carbonyl (C=O) groups excluding carboxylic acids is 1. The van der Waals surface area contributed by atoms with Gasteiger partial charge in [0.1, 0.15) is 0 Å². The summed E-state index contributed by atoms with van der Waals surface area (Å²) in [6.45, 7) is 2.29. The lowest BCUT2D eigenvalue weighted by Gasteiger charge is -2.13. The molecule has 0 saturated carbocycles. The number of non-ortho nitro benzene ring substituents is 1. The van der Waals surface area contributed by atoms with E-state index in [1.165, 1.54) is 12.1 Å². The zero-order chi connectivity index (χ0) is 19.1. The van der Waals surface area contributed by atoms with Gasteiger partial charge >= 0.3 is 0 Å². The Labute approximate surface area is 152 Å². The molecule has 1 unspecified atom stereocenters. The maximum absolute atomic E-state index is 12.2. The normalized spacial score (nSPS) is 11.5. The Hall–Kier alpha value is -3.09. The van der Waals surface area contributed by atoms with E-state index in [0.717, 1.165) is 11.1 Å². The van der Waals surface area contributed by atoms with Gasteiger partial charge in [-0.05, 0) is 29.2 Å². The quantitative estimate of drug-likeness (QED) is 0.577. The number of ether oxygens (including phenoxy) is 2. The largest absolute Gasteiger partial charge is 0.493 e. The lowest BCUT2D eigenvalue weighted by atomic mass is 9.97. The van der Waals surface area contributed by atoms with E-state index in [2.05, 4.69) is 5.32 Å². The first-order chi connectivity index (χ1) is 12.4. The second-order valence-corrected chi connectivity index (χ2v) is 5.92. The molecule has 0 aliphatic carbocycles. The number of hydrogen-bond donors (Lipinski definition) is 1. The number of nitrogens with zero attached hydrogens (tertiary/aromatic N) is 1. The van der Waals surface area contributed by atoms with Crippen molar-refractivity contribution in [1.82, 2.24) is 5.32 Å². The second kappa shape index (κ2) is 8.84. The highest BCUT2D eigenvalue weighted by Crippen LogP contribution is 2.27. The third-order valence-corrected chi connectivity index (χ3v) is 4.10. The van der Waals surface area contributed by atoms with Gasteiger partial charge in [-0.2, -0.15) is 0 Å². The van der Waals surface area contributed by atoms with Crippen LogP contribution < -0.4 is 14.8 Å². The van der Waals surface area contributed by atoms with Gasteiger partial charge in [0.05, 0.1) is 19.1 Å². The molecular formula is C19H22N2O5. The molecule has 0 spiro atoms. The van der Waals surface area contributed by atoms with Crippen LogP contribution in [0.1, 0.15) is 30.4 Å². The molecule has 0 saturated heterocycles. The SMILES string of the molecule is COc1ccc(CNC(=O)CC(C)c2ccc([N+](=O)[O-])cc2)cc1OC. The summed E-state index contributed by atoms with van der Waals surface area (Å²) in [5.74, 6) is 1.11. The van der Waals surface area contributed by atoms with Gasteiger partial charge in [-0.15, -0.1) is 0 Å². The standard InChI is InChI=1S/C19H22N2O5/c1-13(15-5-7-16(8-6-15)21(23)24)10-19(22)20-12-14-4-9-17(25-2)18(11-14)26-3/h4-9,11,13H,10,12H2,1-3H3,(H,20,22). The number of nitro benzene ring substituents is 1. The van der Waals surface area contributed by atoms with Crippen molar-refractivity contribution in [3.8, 4) is 11.5 Å². The number of benzene rings is 2. The fraction of sp³-hybridized carbons (Fsp3) is 0.316. The molecule has 2 aromatic rings. The van der Waals surface area contributed by atoms with E-state index in [-0.39, 0.29) is 17.5 Å². The Balaban J connectivity index is 1.91. The monoisotopic (exact) mass is 358 g/mol. The van der Waals surface area contributed by atoms with Crippen LogP contribution in [0.3, 0.4) is 0 Å². The van der Waals surface area contributed by atoms with Gasteiger partial charge in [0.15, 0.2) is 11.5 Å². The minimum Gasteiger partial charge on any atom is -0.493 e. The summed E-state index contributed by atoms with van der Waals surface area (Å²) in [6.07, 6.45) is 0.297. The van der Waals surface area contributed by atoms with E-state index in [1.54, 1.807) is 32.4 Å². The first-order valence-electron chi connectivity index (χ1n) is 8.16. The molecule has 2 rings (SSSR count).